The number of rotatable bonds is 7. The predicted octanol–water partition coefficient (Wildman–Crippen LogP) is 3.20. The van der Waals surface area contributed by atoms with Crippen molar-refractivity contribution in [3.63, 3.8) is 0 Å². The maximum absolute atomic E-state index is 12.2. The van der Waals surface area contributed by atoms with Crippen LogP contribution in [0.15, 0.2) is 69.3 Å². The fourth-order valence-corrected chi connectivity index (χ4v) is 4.34. The monoisotopic (exact) mass is 457 g/mol. The third kappa shape index (κ3) is 4.48. The van der Waals surface area contributed by atoms with Crippen LogP contribution in [0.25, 0.3) is 22.4 Å². The Morgan fingerprint density at radius 2 is 1.87 bits per heavy atom. The fraction of sp³-hybridized carbons (Fsp3) is 0.150. The first kappa shape index (κ1) is 21.1. The molecule has 0 aliphatic rings. The molecule has 2 heterocycles. The lowest BCUT2D eigenvalue weighted by Gasteiger charge is -2.11. The van der Waals surface area contributed by atoms with Crippen LogP contribution in [-0.2, 0) is 14.8 Å². The Kier molecular flexibility index (Phi) is 5.81. The molecule has 0 fully saturated rings. The fourth-order valence-electron chi connectivity index (χ4n) is 2.87. The standard InChI is InChI=1S/C20H19N5O4S2/c1-25(2)31(27,28)14-9-7-13(8-10-14)22-18(26)12-30-20-24-23-19(29-20)16-11-21-17-6-4-3-5-15(16)17/h3-11,21H,12H2,1-2H3,(H,22,26). The molecule has 0 radical (unpaired) electrons. The van der Waals surface area contributed by atoms with Crippen LogP contribution in [0.4, 0.5) is 5.69 Å². The average Bonchev–Trinajstić information content (AvgIpc) is 3.39. The van der Waals surface area contributed by atoms with Gasteiger partial charge in [-0.15, -0.1) is 10.2 Å². The number of para-hydroxylation sites is 1. The van der Waals surface area contributed by atoms with Crippen molar-refractivity contribution in [2.24, 2.45) is 0 Å². The molecule has 1 amide bonds. The lowest BCUT2D eigenvalue weighted by molar-refractivity contribution is -0.113. The largest absolute Gasteiger partial charge is 0.411 e. The number of amides is 1. The van der Waals surface area contributed by atoms with Gasteiger partial charge in [-0.25, -0.2) is 12.7 Å². The molecule has 4 aromatic rings. The van der Waals surface area contributed by atoms with E-state index in [9.17, 15) is 13.2 Å². The number of nitrogens with one attached hydrogen (secondary N) is 2. The lowest BCUT2D eigenvalue weighted by Crippen LogP contribution is -2.22. The van der Waals surface area contributed by atoms with Gasteiger partial charge in [-0.1, -0.05) is 30.0 Å². The van der Waals surface area contributed by atoms with Crippen molar-refractivity contribution >= 4 is 44.3 Å². The number of hydrogen-bond acceptors (Lipinski definition) is 7. The number of thioether (sulfide) groups is 1. The van der Waals surface area contributed by atoms with Crippen LogP contribution >= 0.6 is 11.8 Å². The van der Waals surface area contributed by atoms with Crippen molar-refractivity contribution in [2.45, 2.75) is 10.1 Å². The number of anilines is 1. The van der Waals surface area contributed by atoms with E-state index in [0.29, 0.717) is 11.6 Å². The number of carbonyl (C=O) groups is 1. The van der Waals surface area contributed by atoms with E-state index in [-0.39, 0.29) is 21.8 Å². The van der Waals surface area contributed by atoms with E-state index < -0.39 is 10.0 Å². The second kappa shape index (κ2) is 8.53. The normalized spacial score (nSPS) is 11.8. The Balaban J connectivity index is 1.36. The van der Waals surface area contributed by atoms with Crippen molar-refractivity contribution in [1.82, 2.24) is 19.5 Å². The van der Waals surface area contributed by atoms with E-state index >= 15 is 0 Å². The zero-order valence-corrected chi connectivity index (χ0v) is 18.3. The molecule has 0 spiro atoms. The highest BCUT2D eigenvalue weighted by molar-refractivity contribution is 7.99. The van der Waals surface area contributed by atoms with Crippen molar-refractivity contribution in [2.75, 3.05) is 25.2 Å². The molecular formula is C20H19N5O4S2. The molecule has 0 saturated heterocycles. The van der Waals surface area contributed by atoms with Crippen LogP contribution < -0.4 is 5.32 Å². The number of H-pyrrole nitrogens is 1. The summed E-state index contributed by atoms with van der Waals surface area (Å²) >= 11 is 1.12. The lowest BCUT2D eigenvalue weighted by atomic mass is 10.2. The van der Waals surface area contributed by atoms with Crippen molar-refractivity contribution in [3.8, 4) is 11.5 Å². The van der Waals surface area contributed by atoms with Gasteiger partial charge in [0, 0.05) is 36.9 Å². The molecule has 0 atom stereocenters. The maximum Gasteiger partial charge on any atom is 0.277 e. The Bertz CT molecular complexity index is 1330. The van der Waals surface area contributed by atoms with Gasteiger partial charge in [-0.2, -0.15) is 0 Å². The van der Waals surface area contributed by atoms with Crippen molar-refractivity contribution < 1.29 is 17.6 Å². The van der Waals surface area contributed by atoms with Crippen molar-refractivity contribution in [3.05, 3.63) is 54.7 Å². The smallest absolute Gasteiger partial charge is 0.277 e. The number of aromatic amines is 1. The van der Waals surface area contributed by atoms with E-state index in [4.69, 9.17) is 4.42 Å². The second-order valence-electron chi connectivity index (χ2n) is 6.77. The van der Waals surface area contributed by atoms with E-state index in [0.717, 1.165) is 32.5 Å². The van der Waals surface area contributed by atoms with Crippen LogP contribution in [0, 0.1) is 0 Å². The summed E-state index contributed by atoms with van der Waals surface area (Å²) in [7, 11) is -0.588. The first-order valence-corrected chi connectivity index (χ1v) is 11.6. The van der Waals surface area contributed by atoms with Gasteiger partial charge in [-0.05, 0) is 30.3 Å². The minimum absolute atomic E-state index is 0.0628. The van der Waals surface area contributed by atoms with E-state index in [1.54, 1.807) is 18.3 Å². The summed E-state index contributed by atoms with van der Waals surface area (Å²) < 4.78 is 31.0. The number of hydrogen-bond donors (Lipinski definition) is 2. The van der Waals surface area contributed by atoms with Crippen LogP contribution in [0.3, 0.4) is 0 Å². The molecule has 160 valence electrons. The van der Waals surface area contributed by atoms with Gasteiger partial charge in [0.05, 0.1) is 16.2 Å². The highest BCUT2D eigenvalue weighted by atomic mass is 32.2. The molecule has 31 heavy (non-hydrogen) atoms. The summed E-state index contributed by atoms with van der Waals surface area (Å²) in [6.45, 7) is 0. The number of sulfonamides is 1. The van der Waals surface area contributed by atoms with E-state index in [2.05, 4.69) is 20.5 Å². The summed E-state index contributed by atoms with van der Waals surface area (Å²) in [5.74, 6) is 0.158. The zero-order chi connectivity index (χ0) is 22.0. The maximum atomic E-state index is 12.2. The zero-order valence-electron chi connectivity index (χ0n) is 16.7. The second-order valence-corrected chi connectivity index (χ2v) is 9.85. The number of carbonyl (C=O) groups excluding carboxylic acids is 1. The number of fused-ring (bicyclic) bond motifs is 1. The van der Waals surface area contributed by atoms with Gasteiger partial charge in [0.2, 0.25) is 15.9 Å². The summed E-state index contributed by atoms with van der Waals surface area (Å²) in [6.07, 6.45) is 1.81. The molecular weight excluding hydrogens is 438 g/mol. The number of benzene rings is 2. The van der Waals surface area contributed by atoms with Crippen LogP contribution in [0.1, 0.15) is 0 Å². The minimum atomic E-state index is -3.51. The highest BCUT2D eigenvalue weighted by Crippen LogP contribution is 2.29. The van der Waals surface area contributed by atoms with E-state index in [1.807, 2.05) is 24.3 Å². The molecule has 2 aromatic carbocycles. The topological polar surface area (TPSA) is 121 Å². The Morgan fingerprint density at radius 1 is 1.13 bits per heavy atom. The average molecular weight is 458 g/mol. The van der Waals surface area contributed by atoms with Gasteiger partial charge in [0.15, 0.2) is 0 Å². The van der Waals surface area contributed by atoms with Gasteiger partial charge in [0.1, 0.15) is 0 Å². The van der Waals surface area contributed by atoms with Gasteiger partial charge >= 0.3 is 0 Å². The SMILES string of the molecule is CN(C)S(=O)(=O)c1ccc(NC(=O)CSc2nnc(-c3c[nH]c4ccccc34)o2)cc1. The third-order valence-electron chi connectivity index (χ3n) is 4.47. The van der Waals surface area contributed by atoms with Gasteiger partial charge in [-0.3, -0.25) is 4.79 Å². The molecule has 0 aliphatic carbocycles. The summed E-state index contributed by atoms with van der Waals surface area (Å²) in [6, 6.07) is 13.8. The number of aromatic nitrogens is 3. The Labute approximate surface area is 182 Å². The highest BCUT2D eigenvalue weighted by Gasteiger charge is 2.17. The molecule has 11 heteroatoms. The van der Waals surface area contributed by atoms with Crippen LogP contribution in [0.5, 0.6) is 0 Å². The quantitative estimate of drug-likeness (QED) is 0.409. The molecule has 0 bridgehead atoms. The van der Waals surface area contributed by atoms with Crippen LogP contribution in [-0.4, -0.2) is 53.7 Å². The first-order valence-electron chi connectivity index (χ1n) is 9.20. The molecule has 2 aromatic heterocycles. The molecule has 0 unspecified atom stereocenters. The van der Waals surface area contributed by atoms with E-state index in [1.165, 1.54) is 26.2 Å². The molecule has 4 rings (SSSR count). The first-order chi connectivity index (χ1) is 14.8. The molecule has 0 saturated carbocycles. The summed E-state index contributed by atoms with van der Waals surface area (Å²) in [5.41, 5.74) is 2.26. The predicted molar refractivity (Wildman–Crippen MR) is 118 cm³/mol. The van der Waals surface area contributed by atoms with Gasteiger partial charge in [0.25, 0.3) is 11.1 Å². The Morgan fingerprint density at radius 3 is 2.61 bits per heavy atom. The molecule has 9 nitrogen and oxygen atoms in total. The van der Waals surface area contributed by atoms with Crippen LogP contribution in [0.2, 0.25) is 0 Å². The third-order valence-corrected chi connectivity index (χ3v) is 7.12. The number of nitrogens with zero attached hydrogens (tertiary/aromatic N) is 3. The van der Waals surface area contributed by atoms with Gasteiger partial charge < -0.3 is 14.7 Å². The summed E-state index contributed by atoms with van der Waals surface area (Å²) in [4.78, 5) is 15.5. The summed E-state index contributed by atoms with van der Waals surface area (Å²) in [5, 5.41) is 12.0. The Hall–Kier alpha value is -3.15. The minimum Gasteiger partial charge on any atom is -0.411 e. The van der Waals surface area contributed by atoms with Crippen molar-refractivity contribution in [1.29, 1.82) is 0 Å². The molecule has 0 aliphatic heterocycles. The molecule has 2 N–H and O–H groups in total.